The molecule has 1 N–H and O–H groups in total. The molecule has 0 bridgehead atoms. The number of rotatable bonds is 10. The van der Waals surface area contributed by atoms with Gasteiger partial charge in [0.05, 0.1) is 23.6 Å². The van der Waals surface area contributed by atoms with Gasteiger partial charge in [-0.2, -0.15) is 0 Å². The van der Waals surface area contributed by atoms with Gasteiger partial charge < -0.3 is 15.0 Å². The van der Waals surface area contributed by atoms with Gasteiger partial charge in [-0.15, -0.1) is 0 Å². The molecule has 162 valence electrons. The molecule has 0 saturated carbocycles. The first-order chi connectivity index (χ1) is 14.3. The molecule has 1 atom stereocenters. The van der Waals surface area contributed by atoms with E-state index in [-0.39, 0.29) is 18.2 Å². The highest BCUT2D eigenvalue weighted by molar-refractivity contribution is 6.42. The summed E-state index contributed by atoms with van der Waals surface area (Å²) in [6, 6.07) is 12.0. The Bertz CT molecular complexity index is 873. The van der Waals surface area contributed by atoms with Gasteiger partial charge in [-0.1, -0.05) is 54.7 Å². The van der Waals surface area contributed by atoms with E-state index in [2.05, 4.69) is 12.2 Å². The van der Waals surface area contributed by atoms with Crippen LogP contribution < -0.4 is 10.1 Å². The topological polar surface area (TPSA) is 58.6 Å². The first kappa shape index (κ1) is 24.0. The second kappa shape index (κ2) is 11.8. The third-order valence-corrected chi connectivity index (χ3v) is 5.56. The van der Waals surface area contributed by atoms with E-state index >= 15 is 0 Å². The highest BCUT2D eigenvalue weighted by Gasteiger charge is 2.26. The van der Waals surface area contributed by atoms with Gasteiger partial charge in [0, 0.05) is 13.1 Å². The van der Waals surface area contributed by atoms with Crippen LogP contribution in [0.3, 0.4) is 0 Å². The number of hydrogen-bond donors (Lipinski definition) is 1. The molecule has 2 aromatic carbocycles. The van der Waals surface area contributed by atoms with E-state index in [1.54, 1.807) is 37.1 Å². The molecule has 0 heterocycles. The number of amides is 2. The van der Waals surface area contributed by atoms with Gasteiger partial charge in [-0.05, 0) is 48.7 Å². The predicted molar refractivity (Wildman–Crippen MR) is 121 cm³/mol. The number of nitrogens with one attached hydrogen (secondary N) is 1. The number of nitrogens with zero attached hydrogens (tertiary/aromatic N) is 1. The van der Waals surface area contributed by atoms with Gasteiger partial charge in [0.25, 0.3) is 0 Å². The smallest absolute Gasteiger partial charge is 0.242 e. The maximum Gasteiger partial charge on any atom is 0.242 e. The van der Waals surface area contributed by atoms with Crippen molar-refractivity contribution in [2.75, 3.05) is 13.7 Å². The predicted octanol–water partition coefficient (Wildman–Crippen LogP) is 4.88. The van der Waals surface area contributed by atoms with E-state index < -0.39 is 6.04 Å². The SMILES string of the molecule is CCCCNC(=O)[C@@H](C)N(Cc1cccc(OC)c1)C(=O)Cc1ccc(Cl)c(Cl)c1. The molecule has 30 heavy (non-hydrogen) atoms. The van der Waals surface area contributed by atoms with Crippen molar-refractivity contribution >= 4 is 35.0 Å². The van der Waals surface area contributed by atoms with Gasteiger partial charge in [0.2, 0.25) is 11.8 Å². The Kier molecular flexibility index (Phi) is 9.47. The normalized spacial score (nSPS) is 11.6. The molecule has 0 saturated heterocycles. The fourth-order valence-corrected chi connectivity index (χ4v) is 3.33. The van der Waals surface area contributed by atoms with Crippen LogP contribution in [0.4, 0.5) is 0 Å². The standard InChI is InChI=1S/C23H28Cl2N2O3/c1-4-5-11-26-23(29)16(2)27(15-18-7-6-8-19(12-18)30-3)22(28)14-17-9-10-20(24)21(25)13-17/h6-10,12-13,16H,4-5,11,14-15H2,1-3H3,(H,26,29)/t16-/m1/s1. The fourth-order valence-electron chi connectivity index (χ4n) is 3.01. The molecule has 0 aliphatic carbocycles. The van der Waals surface area contributed by atoms with Crippen molar-refractivity contribution in [3.05, 3.63) is 63.6 Å². The lowest BCUT2D eigenvalue weighted by Crippen LogP contribution is -2.48. The minimum atomic E-state index is -0.622. The van der Waals surface area contributed by atoms with Gasteiger partial charge in [0.15, 0.2) is 0 Å². The van der Waals surface area contributed by atoms with Gasteiger partial charge in [0.1, 0.15) is 11.8 Å². The lowest BCUT2D eigenvalue weighted by Gasteiger charge is -2.29. The quantitative estimate of drug-likeness (QED) is 0.524. The van der Waals surface area contributed by atoms with E-state index in [0.29, 0.717) is 28.9 Å². The number of hydrogen-bond acceptors (Lipinski definition) is 3. The van der Waals surface area contributed by atoms with E-state index in [1.165, 1.54) is 0 Å². The van der Waals surface area contributed by atoms with Crippen LogP contribution >= 0.6 is 23.2 Å². The van der Waals surface area contributed by atoms with Crippen molar-refractivity contribution in [3.8, 4) is 5.75 Å². The Morgan fingerprint density at radius 2 is 1.87 bits per heavy atom. The van der Waals surface area contributed by atoms with Crippen molar-refractivity contribution in [2.24, 2.45) is 0 Å². The number of unbranched alkanes of at least 4 members (excludes halogenated alkanes) is 1. The fraction of sp³-hybridized carbons (Fsp3) is 0.391. The third kappa shape index (κ3) is 6.92. The zero-order chi connectivity index (χ0) is 22.1. The second-order valence-electron chi connectivity index (χ2n) is 7.12. The van der Waals surface area contributed by atoms with Gasteiger partial charge >= 0.3 is 0 Å². The van der Waals surface area contributed by atoms with Crippen LogP contribution in [-0.4, -0.2) is 36.4 Å². The van der Waals surface area contributed by atoms with E-state index in [4.69, 9.17) is 27.9 Å². The third-order valence-electron chi connectivity index (χ3n) is 4.82. The van der Waals surface area contributed by atoms with Crippen LogP contribution in [0.1, 0.15) is 37.8 Å². The van der Waals surface area contributed by atoms with Crippen molar-refractivity contribution in [2.45, 2.75) is 45.7 Å². The summed E-state index contributed by atoms with van der Waals surface area (Å²) < 4.78 is 5.28. The zero-order valence-electron chi connectivity index (χ0n) is 17.6. The molecular weight excluding hydrogens is 423 g/mol. The summed E-state index contributed by atoms with van der Waals surface area (Å²) in [4.78, 5) is 27.4. The first-order valence-electron chi connectivity index (χ1n) is 9.99. The average molecular weight is 451 g/mol. The molecule has 2 aromatic rings. The van der Waals surface area contributed by atoms with Crippen LogP contribution in [0.2, 0.25) is 10.0 Å². The molecule has 0 radical (unpaired) electrons. The highest BCUT2D eigenvalue weighted by atomic mass is 35.5. The van der Waals surface area contributed by atoms with Crippen LogP contribution in [0.15, 0.2) is 42.5 Å². The summed E-state index contributed by atoms with van der Waals surface area (Å²) in [5.74, 6) is 0.354. The molecule has 0 aromatic heterocycles. The minimum absolute atomic E-state index is 0.118. The number of carbonyl (C=O) groups is 2. The summed E-state index contributed by atoms with van der Waals surface area (Å²) in [7, 11) is 1.59. The average Bonchev–Trinajstić information content (AvgIpc) is 2.74. The van der Waals surface area contributed by atoms with Crippen molar-refractivity contribution in [1.29, 1.82) is 0 Å². The first-order valence-corrected chi connectivity index (χ1v) is 10.7. The Labute approximate surface area is 188 Å². The summed E-state index contributed by atoms with van der Waals surface area (Å²) in [6.07, 6.45) is 2.00. The monoisotopic (exact) mass is 450 g/mol. The molecule has 0 spiro atoms. The molecule has 2 rings (SSSR count). The lowest BCUT2D eigenvalue weighted by atomic mass is 10.1. The van der Waals surface area contributed by atoms with Crippen LogP contribution in [-0.2, 0) is 22.6 Å². The van der Waals surface area contributed by atoms with Gasteiger partial charge in [-0.3, -0.25) is 9.59 Å². The second-order valence-corrected chi connectivity index (χ2v) is 7.93. The summed E-state index contributed by atoms with van der Waals surface area (Å²) >= 11 is 12.1. The molecular formula is C23H28Cl2N2O3. The number of methoxy groups -OCH3 is 1. The largest absolute Gasteiger partial charge is 0.497 e. The maximum absolute atomic E-state index is 13.2. The Balaban J connectivity index is 2.22. The summed E-state index contributed by atoms with van der Waals surface area (Å²) in [5.41, 5.74) is 1.62. The number of ether oxygens (including phenoxy) is 1. The van der Waals surface area contributed by atoms with Crippen molar-refractivity contribution < 1.29 is 14.3 Å². The molecule has 0 aliphatic rings. The van der Waals surface area contributed by atoms with Crippen LogP contribution in [0.25, 0.3) is 0 Å². The molecule has 0 unspecified atom stereocenters. The number of halogens is 2. The highest BCUT2D eigenvalue weighted by Crippen LogP contribution is 2.23. The Morgan fingerprint density at radius 1 is 1.10 bits per heavy atom. The Morgan fingerprint density at radius 3 is 2.53 bits per heavy atom. The van der Waals surface area contributed by atoms with E-state index in [0.717, 1.165) is 24.0 Å². The molecule has 7 heteroatoms. The van der Waals surface area contributed by atoms with E-state index in [1.807, 2.05) is 24.3 Å². The zero-order valence-corrected chi connectivity index (χ0v) is 19.1. The van der Waals surface area contributed by atoms with Crippen molar-refractivity contribution in [1.82, 2.24) is 10.2 Å². The van der Waals surface area contributed by atoms with Gasteiger partial charge in [-0.25, -0.2) is 0 Å². The lowest BCUT2D eigenvalue weighted by molar-refractivity contribution is -0.140. The van der Waals surface area contributed by atoms with E-state index in [9.17, 15) is 9.59 Å². The molecule has 0 aliphatic heterocycles. The summed E-state index contributed by atoms with van der Waals surface area (Å²) in [5, 5.41) is 3.74. The van der Waals surface area contributed by atoms with Crippen molar-refractivity contribution in [3.63, 3.8) is 0 Å². The summed E-state index contributed by atoms with van der Waals surface area (Å²) in [6.45, 7) is 4.69. The molecule has 2 amide bonds. The Hall–Kier alpha value is -2.24. The maximum atomic E-state index is 13.2. The minimum Gasteiger partial charge on any atom is -0.497 e. The van der Waals surface area contributed by atoms with Crippen LogP contribution in [0, 0.1) is 0 Å². The number of carbonyl (C=O) groups excluding carboxylic acids is 2. The molecule has 5 nitrogen and oxygen atoms in total. The molecule has 0 fully saturated rings. The van der Waals surface area contributed by atoms with Crippen LogP contribution in [0.5, 0.6) is 5.75 Å². The number of benzene rings is 2.